The summed E-state index contributed by atoms with van der Waals surface area (Å²) in [6.45, 7) is 4.73. The number of hydrogen-bond acceptors (Lipinski definition) is 3. The highest BCUT2D eigenvalue weighted by molar-refractivity contribution is 7.91. The Kier molecular flexibility index (Phi) is 4.88. The summed E-state index contributed by atoms with van der Waals surface area (Å²) < 4.78 is 22.8. The monoisotopic (exact) mass is 309 g/mol. The van der Waals surface area contributed by atoms with E-state index in [1.165, 1.54) is 5.56 Å². The van der Waals surface area contributed by atoms with Crippen molar-refractivity contribution in [2.24, 2.45) is 16.6 Å². The van der Waals surface area contributed by atoms with Crippen LogP contribution >= 0.6 is 0 Å². The third-order valence-electron chi connectivity index (χ3n) is 3.67. The van der Waals surface area contributed by atoms with Gasteiger partial charge in [-0.15, -0.1) is 0 Å². The van der Waals surface area contributed by atoms with Gasteiger partial charge in [0.15, 0.2) is 15.8 Å². The molecular weight excluding hydrogens is 286 g/mol. The Morgan fingerprint density at radius 1 is 1.48 bits per heavy atom. The van der Waals surface area contributed by atoms with Gasteiger partial charge in [-0.2, -0.15) is 0 Å². The fourth-order valence-corrected chi connectivity index (χ4v) is 4.26. The van der Waals surface area contributed by atoms with Gasteiger partial charge in [0.1, 0.15) is 0 Å². The molecule has 0 spiro atoms. The fraction of sp³-hybridized carbons (Fsp3) is 0.533. The first-order chi connectivity index (χ1) is 9.85. The van der Waals surface area contributed by atoms with E-state index in [4.69, 9.17) is 5.73 Å². The summed E-state index contributed by atoms with van der Waals surface area (Å²) >= 11 is 0. The Hall–Kier alpha value is -1.56. The molecule has 5 nitrogen and oxygen atoms in total. The zero-order valence-corrected chi connectivity index (χ0v) is 13.4. The van der Waals surface area contributed by atoms with Crippen LogP contribution in [0.25, 0.3) is 0 Å². The number of hydrogen-bond donors (Lipinski definition) is 2. The van der Waals surface area contributed by atoms with Crippen LogP contribution in [0.5, 0.6) is 0 Å². The largest absolute Gasteiger partial charge is 0.370 e. The highest BCUT2D eigenvalue weighted by atomic mass is 32.2. The van der Waals surface area contributed by atoms with E-state index in [0.717, 1.165) is 5.69 Å². The second kappa shape index (κ2) is 6.47. The summed E-state index contributed by atoms with van der Waals surface area (Å²) in [6.07, 6.45) is 0.682. The number of aliphatic imine (C=N–C) groups is 1. The van der Waals surface area contributed by atoms with Crippen LogP contribution in [0.2, 0.25) is 0 Å². The first kappa shape index (κ1) is 15.8. The third-order valence-corrected chi connectivity index (χ3v) is 5.51. The van der Waals surface area contributed by atoms with Crippen LogP contribution in [-0.4, -0.2) is 32.4 Å². The van der Waals surface area contributed by atoms with Crippen molar-refractivity contribution in [2.75, 3.05) is 23.4 Å². The minimum absolute atomic E-state index is 0.0948. The van der Waals surface area contributed by atoms with Crippen molar-refractivity contribution in [1.29, 1.82) is 0 Å². The van der Waals surface area contributed by atoms with Crippen LogP contribution in [0.1, 0.15) is 31.7 Å². The molecule has 21 heavy (non-hydrogen) atoms. The number of guanidine groups is 1. The Morgan fingerprint density at radius 3 is 2.86 bits per heavy atom. The van der Waals surface area contributed by atoms with Crippen LogP contribution in [0.15, 0.2) is 29.3 Å². The van der Waals surface area contributed by atoms with E-state index in [2.05, 4.69) is 30.2 Å². The Bertz CT molecular complexity index is 624. The molecule has 6 heteroatoms. The first-order valence-electron chi connectivity index (χ1n) is 7.23. The molecule has 1 fully saturated rings. The van der Waals surface area contributed by atoms with E-state index in [9.17, 15) is 8.42 Å². The van der Waals surface area contributed by atoms with Gasteiger partial charge in [-0.05, 0) is 36.0 Å². The molecule has 1 aliphatic rings. The van der Waals surface area contributed by atoms with E-state index in [-0.39, 0.29) is 17.4 Å². The molecule has 1 atom stereocenters. The molecule has 1 aliphatic heterocycles. The number of nitrogens with zero attached hydrogens (tertiary/aromatic N) is 1. The topological polar surface area (TPSA) is 84.5 Å². The summed E-state index contributed by atoms with van der Waals surface area (Å²) in [5.41, 5.74) is 8.00. The predicted molar refractivity (Wildman–Crippen MR) is 87.4 cm³/mol. The lowest BCUT2D eigenvalue weighted by Crippen LogP contribution is -2.24. The molecule has 0 bridgehead atoms. The SMILES string of the molecule is CC(C)c1cccc(NC(N)=NCC2CCS(=O)(=O)C2)c1. The highest BCUT2D eigenvalue weighted by Gasteiger charge is 2.27. The molecule has 0 radical (unpaired) electrons. The van der Waals surface area contributed by atoms with Gasteiger partial charge in [-0.25, -0.2) is 8.42 Å². The molecule has 1 aromatic rings. The molecule has 0 saturated carbocycles. The average molecular weight is 309 g/mol. The molecule has 3 N–H and O–H groups in total. The Labute approximate surface area is 126 Å². The first-order valence-corrected chi connectivity index (χ1v) is 9.05. The molecule has 0 aliphatic carbocycles. The van der Waals surface area contributed by atoms with Gasteiger partial charge in [-0.3, -0.25) is 4.99 Å². The van der Waals surface area contributed by atoms with Gasteiger partial charge in [-0.1, -0.05) is 26.0 Å². The van der Waals surface area contributed by atoms with Crippen molar-refractivity contribution >= 4 is 21.5 Å². The normalized spacial score (nSPS) is 21.7. The maximum atomic E-state index is 11.4. The number of benzene rings is 1. The minimum Gasteiger partial charge on any atom is -0.370 e. The molecule has 1 aromatic carbocycles. The summed E-state index contributed by atoms with van der Waals surface area (Å²) in [4.78, 5) is 4.26. The number of nitrogens with two attached hydrogens (primary N) is 1. The lowest BCUT2D eigenvalue weighted by atomic mass is 10.0. The van der Waals surface area contributed by atoms with Gasteiger partial charge >= 0.3 is 0 Å². The van der Waals surface area contributed by atoms with Crippen molar-refractivity contribution in [3.63, 3.8) is 0 Å². The molecule has 1 unspecified atom stereocenters. The van der Waals surface area contributed by atoms with E-state index >= 15 is 0 Å². The summed E-state index contributed by atoms with van der Waals surface area (Å²) in [6, 6.07) is 8.04. The Morgan fingerprint density at radius 2 is 2.24 bits per heavy atom. The van der Waals surface area contributed by atoms with E-state index < -0.39 is 9.84 Å². The minimum atomic E-state index is -2.85. The standard InChI is InChI=1S/C15H23N3O2S/c1-11(2)13-4-3-5-14(8-13)18-15(16)17-9-12-6-7-21(19,20)10-12/h3-5,8,11-12H,6-7,9-10H2,1-2H3,(H3,16,17,18). The molecule has 116 valence electrons. The van der Waals surface area contributed by atoms with E-state index in [1.807, 2.05) is 18.2 Å². The maximum absolute atomic E-state index is 11.4. The lowest BCUT2D eigenvalue weighted by molar-refractivity contribution is 0.591. The van der Waals surface area contributed by atoms with Crippen LogP contribution in [0.4, 0.5) is 5.69 Å². The average Bonchev–Trinajstić information content (AvgIpc) is 2.76. The van der Waals surface area contributed by atoms with Gasteiger partial charge < -0.3 is 11.1 Å². The molecule has 0 aromatic heterocycles. The fourth-order valence-electron chi connectivity index (χ4n) is 2.41. The number of rotatable bonds is 4. The number of sulfone groups is 1. The van der Waals surface area contributed by atoms with Crippen molar-refractivity contribution in [3.05, 3.63) is 29.8 Å². The number of nitrogens with one attached hydrogen (secondary N) is 1. The van der Waals surface area contributed by atoms with Crippen molar-refractivity contribution in [3.8, 4) is 0 Å². The Balaban J connectivity index is 1.93. The van der Waals surface area contributed by atoms with Crippen LogP contribution < -0.4 is 11.1 Å². The van der Waals surface area contributed by atoms with E-state index in [1.54, 1.807) is 0 Å². The molecule has 1 heterocycles. The zero-order valence-electron chi connectivity index (χ0n) is 12.5. The lowest BCUT2D eigenvalue weighted by Gasteiger charge is -2.10. The third kappa shape index (κ3) is 4.74. The van der Waals surface area contributed by atoms with Crippen LogP contribution in [0, 0.1) is 5.92 Å². The molecule has 1 saturated heterocycles. The van der Waals surface area contributed by atoms with Crippen LogP contribution in [0.3, 0.4) is 0 Å². The summed E-state index contributed by atoms with van der Waals surface area (Å²) in [5.74, 6) is 1.38. The summed E-state index contributed by atoms with van der Waals surface area (Å²) in [5, 5.41) is 3.06. The van der Waals surface area contributed by atoms with Gasteiger partial charge in [0.2, 0.25) is 0 Å². The second-order valence-electron chi connectivity index (χ2n) is 5.90. The highest BCUT2D eigenvalue weighted by Crippen LogP contribution is 2.19. The summed E-state index contributed by atoms with van der Waals surface area (Å²) in [7, 11) is -2.85. The van der Waals surface area contributed by atoms with Gasteiger partial charge in [0, 0.05) is 12.2 Å². The zero-order chi connectivity index (χ0) is 15.5. The van der Waals surface area contributed by atoms with E-state index in [0.29, 0.717) is 24.8 Å². The second-order valence-corrected chi connectivity index (χ2v) is 8.13. The molecule has 0 amide bonds. The predicted octanol–water partition coefficient (Wildman–Crippen LogP) is 1.97. The van der Waals surface area contributed by atoms with Crippen LogP contribution in [-0.2, 0) is 9.84 Å². The number of anilines is 1. The van der Waals surface area contributed by atoms with Crippen molar-refractivity contribution in [1.82, 2.24) is 0 Å². The molecular formula is C15H23N3O2S. The van der Waals surface area contributed by atoms with Gasteiger partial charge in [0.05, 0.1) is 11.5 Å². The van der Waals surface area contributed by atoms with Crippen molar-refractivity contribution < 1.29 is 8.42 Å². The van der Waals surface area contributed by atoms with Crippen molar-refractivity contribution in [2.45, 2.75) is 26.2 Å². The quantitative estimate of drug-likeness (QED) is 0.658. The molecule has 2 rings (SSSR count). The maximum Gasteiger partial charge on any atom is 0.193 e. The smallest absolute Gasteiger partial charge is 0.193 e. The van der Waals surface area contributed by atoms with Gasteiger partial charge in [0.25, 0.3) is 0 Å².